The fourth-order valence-corrected chi connectivity index (χ4v) is 7.09. The smallest absolute Gasteiger partial charge is 0.253 e. The van der Waals surface area contributed by atoms with E-state index in [9.17, 15) is 13.2 Å². The number of unbranched alkanes of at least 4 members (excludes halogenated alkanes) is 1. The van der Waals surface area contributed by atoms with Crippen molar-refractivity contribution in [2.45, 2.75) is 51.8 Å². The maximum absolute atomic E-state index is 12.5. The number of benzene rings is 1. The highest BCUT2D eigenvalue weighted by molar-refractivity contribution is 8.16. The van der Waals surface area contributed by atoms with Crippen molar-refractivity contribution in [1.82, 2.24) is 0 Å². The van der Waals surface area contributed by atoms with Crippen LogP contribution in [0.1, 0.15) is 40.5 Å². The minimum absolute atomic E-state index is 0.0777. The predicted octanol–water partition coefficient (Wildman–Crippen LogP) is 3.51. The van der Waals surface area contributed by atoms with Crippen LogP contribution in [-0.4, -0.2) is 48.9 Å². The lowest BCUT2D eigenvalue weighted by Gasteiger charge is -2.25. The van der Waals surface area contributed by atoms with E-state index >= 15 is 0 Å². The number of carbonyl (C=O) groups is 1. The average Bonchev–Trinajstić information content (AvgIpc) is 3.05. The van der Waals surface area contributed by atoms with E-state index in [1.165, 1.54) is 11.8 Å². The number of hydrogen-bond acceptors (Lipinski definition) is 5. The Bertz CT molecular complexity index is 874. The number of amides is 1. The van der Waals surface area contributed by atoms with E-state index in [0.29, 0.717) is 11.8 Å². The van der Waals surface area contributed by atoms with Crippen LogP contribution in [0.25, 0.3) is 0 Å². The number of thioether (sulfide) groups is 1. The molecule has 2 aliphatic rings. The van der Waals surface area contributed by atoms with Crippen molar-refractivity contribution in [3.63, 3.8) is 0 Å². The number of carbonyl (C=O) groups excluding carboxylic acids is 1. The van der Waals surface area contributed by atoms with Crippen LogP contribution in [0.4, 0.5) is 5.69 Å². The quantitative estimate of drug-likeness (QED) is 0.673. The first-order valence-electron chi connectivity index (χ1n) is 9.63. The van der Waals surface area contributed by atoms with Crippen LogP contribution in [0, 0.1) is 5.41 Å². The summed E-state index contributed by atoms with van der Waals surface area (Å²) < 4.78 is 30.2. The van der Waals surface area contributed by atoms with Crippen LogP contribution < -0.4 is 9.64 Å². The van der Waals surface area contributed by atoms with Crippen molar-refractivity contribution in [2.75, 3.05) is 23.0 Å². The molecule has 6 nitrogen and oxygen atoms in total. The second-order valence-corrected chi connectivity index (χ2v) is 11.7. The molecule has 2 atom stereocenters. The van der Waals surface area contributed by atoms with Gasteiger partial charge >= 0.3 is 0 Å². The van der Waals surface area contributed by atoms with Crippen LogP contribution in [0.15, 0.2) is 29.3 Å². The Kier molecular flexibility index (Phi) is 6.10. The van der Waals surface area contributed by atoms with E-state index in [1.54, 1.807) is 0 Å². The molecule has 0 saturated carbocycles. The summed E-state index contributed by atoms with van der Waals surface area (Å²) in [5.41, 5.74) is 0.222. The Morgan fingerprint density at radius 2 is 2.07 bits per heavy atom. The molecule has 2 heterocycles. The van der Waals surface area contributed by atoms with E-state index in [2.05, 4.69) is 11.9 Å². The van der Waals surface area contributed by atoms with Crippen molar-refractivity contribution in [3.05, 3.63) is 24.3 Å². The Labute approximate surface area is 171 Å². The molecule has 2 saturated heterocycles. The normalized spacial score (nSPS) is 25.1. The van der Waals surface area contributed by atoms with Gasteiger partial charge in [-0.25, -0.2) is 8.42 Å². The lowest BCUT2D eigenvalue weighted by molar-refractivity contribution is -0.124. The van der Waals surface area contributed by atoms with Gasteiger partial charge in [-0.15, -0.1) is 0 Å². The van der Waals surface area contributed by atoms with Crippen molar-refractivity contribution in [3.8, 4) is 5.75 Å². The zero-order chi connectivity index (χ0) is 20.5. The summed E-state index contributed by atoms with van der Waals surface area (Å²) in [4.78, 5) is 18.8. The molecule has 3 rings (SSSR count). The molecule has 1 aromatic carbocycles. The van der Waals surface area contributed by atoms with Gasteiger partial charge in [0.25, 0.3) is 5.91 Å². The zero-order valence-electron chi connectivity index (χ0n) is 16.8. The van der Waals surface area contributed by atoms with Gasteiger partial charge in [-0.2, -0.15) is 4.99 Å². The second kappa shape index (κ2) is 8.06. The standard InChI is InChI=1S/C20H28N2O4S2/c1-5-6-10-26-15-9-7-8-14(11-15)22-16-12-28(24,25)13-17(16)27-19(22)21-18(23)20(2,3)4/h7-9,11,16-17H,5-6,10,12-13H2,1-4H3. The number of hydrogen-bond donors (Lipinski definition) is 0. The summed E-state index contributed by atoms with van der Waals surface area (Å²) in [5.74, 6) is 0.725. The van der Waals surface area contributed by atoms with Crippen LogP contribution in [0.2, 0.25) is 0 Å². The first kappa shape index (κ1) is 21.2. The molecule has 1 amide bonds. The average molecular weight is 425 g/mol. The van der Waals surface area contributed by atoms with E-state index in [-0.39, 0.29) is 28.7 Å². The Balaban J connectivity index is 1.94. The number of sulfone groups is 1. The molecule has 1 aromatic rings. The third kappa shape index (κ3) is 4.71. The molecule has 2 aliphatic heterocycles. The van der Waals surface area contributed by atoms with Gasteiger partial charge in [0.1, 0.15) is 5.75 Å². The highest BCUT2D eigenvalue weighted by Crippen LogP contribution is 2.42. The van der Waals surface area contributed by atoms with Crippen LogP contribution in [0.3, 0.4) is 0 Å². The van der Waals surface area contributed by atoms with Gasteiger partial charge in [-0.1, -0.05) is 51.9 Å². The largest absolute Gasteiger partial charge is 0.494 e. The first-order chi connectivity index (χ1) is 13.1. The third-order valence-corrected chi connectivity index (χ3v) is 7.98. The molecule has 2 unspecified atom stereocenters. The van der Waals surface area contributed by atoms with Gasteiger partial charge in [0.2, 0.25) is 0 Å². The van der Waals surface area contributed by atoms with Gasteiger partial charge in [-0.05, 0) is 18.6 Å². The number of rotatable bonds is 5. The van der Waals surface area contributed by atoms with Crippen molar-refractivity contribution in [2.24, 2.45) is 10.4 Å². The fraction of sp³-hybridized carbons (Fsp3) is 0.600. The number of amidine groups is 1. The van der Waals surface area contributed by atoms with E-state index < -0.39 is 15.3 Å². The Morgan fingerprint density at radius 1 is 1.32 bits per heavy atom. The van der Waals surface area contributed by atoms with Gasteiger partial charge < -0.3 is 9.64 Å². The van der Waals surface area contributed by atoms with Gasteiger partial charge in [-0.3, -0.25) is 4.79 Å². The summed E-state index contributed by atoms with van der Waals surface area (Å²) in [6.45, 7) is 8.24. The first-order valence-corrected chi connectivity index (χ1v) is 12.3. The maximum Gasteiger partial charge on any atom is 0.253 e. The lowest BCUT2D eigenvalue weighted by atomic mass is 9.96. The van der Waals surface area contributed by atoms with E-state index in [1.807, 2.05) is 49.9 Å². The summed E-state index contributed by atoms with van der Waals surface area (Å²) in [6.07, 6.45) is 2.02. The SMILES string of the molecule is CCCCOc1cccc(N2C(=NC(=O)C(C)(C)C)SC3CS(=O)(=O)CC32)c1. The minimum atomic E-state index is -3.09. The zero-order valence-corrected chi connectivity index (χ0v) is 18.5. The maximum atomic E-state index is 12.5. The topological polar surface area (TPSA) is 76.0 Å². The lowest BCUT2D eigenvalue weighted by Crippen LogP contribution is -2.38. The Hall–Kier alpha value is -1.54. The molecule has 8 heteroatoms. The molecule has 154 valence electrons. The van der Waals surface area contributed by atoms with Crippen molar-refractivity contribution in [1.29, 1.82) is 0 Å². The second-order valence-electron chi connectivity index (χ2n) is 8.32. The van der Waals surface area contributed by atoms with Gasteiger partial charge in [0.15, 0.2) is 15.0 Å². The van der Waals surface area contributed by atoms with Crippen LogP contribution in [-0.2, 0) is 14.6 Å². The fourth-order valence-electron chi connectivity index (χ4n) is 3.18. The van der Waals surface area contributed by atoms with Crippen molar-refractivity contribution >= 4 is 38.4 Å². The number of anilines is 1. The Morgan fingerprint density at radius 3 is 2.75 bits per heavy atom. The van der Waals surface area contributed by atoms with Crippen molar-refractivity contribution < 1.29 is 17.9 Å². The molecule has 0 aliphatic carbocycles. The minimum Gasteiger partial charge on any atom is -0.494 e. The van der Waals surface area contributed by atoms with E-state index in [0.717, 1.165) is 24.3 Å². The molecule has 0 bridgehead atoms. The number of fused-ring (bicyclic) bond motifs is 1. The molecule has 0 spiro atoms. The summed E-state index contributed by atoms with van der Waals surface area (Å²) >= 11 is 1.39. The molecular formula is C20H28N2O4S2. The summed E-state index contributed by atoms with van der Waals surface area (Å²) in [7, 11) is -3.09. The molecule has 0 aromatic heterocycles. The van der Waals surface area contributed by atoms with Crippen LogP contribution >= 0.6 is 11.8 Å². The molecular weight excluding hydrogens is 396 g/mol. The monoisotopic (exact) mass is 424 g/mol. The van der Waals surface area contributed by atoms with Crippen LogP contribution in [0.5, 0.6) is 5.75 Å². The molecule has 2 fully saturated rings. The van der Waals surface area contributed by atoms with Gasteiger partial charge in [0.05, 0.1) is 24.2 Å². The third-order valence-electron chi connectivity index (χ3n) is 4.77. The summed E-state index contributed by atoms with van der Waals surface area (Å²) in [6, 6.07) is 7.38. The number of nitrogens with zero attached hydrogens (tertiary/aromatic N) is 2. The molecule has 0 radical (unpaired) electrons. The number of aliphatic imine (C=N–C) groups is 1. The molecule has 28 heavy (non-hydrogen) atoms. The summed E-state index contributed by atoms with van der Waals surface area (Å²) in [5, 5.41) is 0.469. The van der Waals surface area contributed by atoms with E-state index in [4.69, 9.17) is 4.74 Å². The highest BCUT2D eigenvalue weighted by atomic mass is 32.2. The van der Waals surface area contributed by atoms with Gasteiger partial charge in [0, 0.05) is 22.4 Å². The molecule has 0 N–H and O–H groups in total. The number of ether oxygens (including phenoxy) is 1. The predicted molar refractivity (Wildman–Crippen MR) is 115 cm³/mol. The highest BCUT2D eigenvalue weighted by Gasteiger charge is 2.49.